The number of rotatable bonds is 2. The molecule has 20 heavy (non-hydrogen) atoms. The van der Waals surface area contributed by atoms with Crippen molar-refractivity contribution in [2.75, 3.05) is 27.2 Å². The third kappa shape index (κ3) is 3.75. The van der Waals surface area contributed by atoms with E-state index >= 15 is 0 Å². The molecule has 2 fully saturated rings. The summed E-state index contributed by atoms with van der Waals surface area (Å²) in [7, 11) is 4.37. The van der Waals surface area contributed by atoms with Gasteiger partial charge in [0.2, 0.25) is 0 Å². The van der Waals surface area contributed by atoms with Crippen molar-refractivity contribution in [2.45, 2.75) is 71.1 Å². The summed E-state index contributed by atoms with van der Waals surface area (Å²) >= 11 is 0. The zero-order chi connectivity index (χ0) is 14.9. The van der Waals surface area contributed by atoms with E-state index in [9.17, 15) is 5.11 Å². The second-order valence-electron chi connectivity index (χ2n) is 8.27. The van der Waals surface area contributed by atoms with Crippen LogP contribution >= 0.6 is 0 Å². The van der Waals surface area contributed by atoms with Crippen molar-refractivity contribution in [2.24, 2.45) is 11.3 Å². The number of likely N-dealkylation sites (N-methyl/N-ethyl adjacent to an activating group) is 1. The maximum atomic E-state index is 10.5. The highest BCUT2D eigenvalue weighted by molar-refractivity contribution is 4.93. The number of aliphatic hydroxyl groups excluding tert-OH is 1. The van der Waals surface area contributed by atoms with Crippen LogP contribution < -0.4 is 0 Å². The van der Waals surface area contributed by atoms with Gasteiger partial charge in [-0.25, -0.2) is 0 Å². The van der Waals surface area contributed by atoms with E-state index in [4.69, 9.17) is 0 Å². The van der Waals surface area contributed by atoms with Crippen molar-refractivity contribution >= 4 is 0 Å². The number of hydrogen-bond acceptors (Lipinski definition) is 3. The largest absolute Gasteiger partial charge is 0.391 e. The lowest BCUT2D eigenvalue weighted by atomic mass is 9.69. The highest BCUT2D eigenvalue weighted by Crippen LogP contribution is 2.40. The second kappa shape index (κ2) is 6.33. The fraction of sp³-hybridized carbons (Fsp3) is 1.00. The quantitative estimate of drug-likeness (QED) is 0.843. The molecular weight excluding hydrogens is 248 g/mol. The first-order valence-corrected chi connectivity index (χ1v) is 8.37. The van der Waals surface area contributed by atoms with Gasteiger partial charge in [0.25, 0.3) is 0 Å². The summed E-state index contributed by atoms with van der Waals surface area (Å²) in [6.07, 6.45) is 5.79. The molecule has 118 valence electrons. The normalized spacial score (nSPS) is 37.4. The van der Waals surface area contributed by atoms with Crippen molar-refractivity contribution in [3.63, 3.8) is 0 Å². The molecule has 1 aliphatic heterocycles. The Bertz CT molecular complexity index is 311. The smallest absolute Gasteiger partial charge is 0.0695 e. The molecule has 2 rings (SSSR count). The highest BCUT2D eigenvalue weighted by Gasteiger charge is 2.39. The van der Waals surface area contributed by atoms with Crippen LogP contribution in [0.1, 0.15) is 52.9 Å². The lowest BCUT2D eigenvalue weighted by molar-refractivity contribution is -0.0338. The summed E-state index contributed by atoms with van der Waals surface area (Å²) in [6.45, 7) is 9.36. The van der Waals surface area contributed by atoms with Crippen LogP contribution in [0.5, 0.6) is 0 Å². The van der Waals surface area contributed by atoms with Gasteiger partial charge in [0.1, 0.15) is 0 Å². The van der Waals surface area contributed by atoms with Crippen LogP contribution in [0.25, 0.3) is 0 Å². The Kier molecular flexibility index (Phi) is 5.14. The maximum Gasteiger partial charge on any atom is 0.0695 e. The molecule has 0 bridgehead atoms. The van der Waals surface area contributed by atoms with Crippen molar-refractivity contribution < 1.29 is 5.11 Å². The molecule has 0 aromatic heterocycles. The van der Waals surface area contributed by atoms with Crippen molar-refractivity contribution in [1.29, 1.82) is 0 Å². The third-order valence-corrected chi connectivity index (χ3v) is 5.63. The Hall–Kier alpha value is -0.120. The number of piperidine rings is 1. The van der Waals surface area contributed by atoms with Gasteiger partial charge in [0.15, 0.2) is 0 Å². The minimum atomic E-state index is -0.116. The number of likely N-dealkylation sites (tertiary alicyclic amines) is 1. The molecule has 1 saturated heterocycles. The van der Waals surface area contributed by atoms with E-state index in [1.807, 2.05) is 0 Å². The first-order valence-electron chi connectivity index (χ1n) is 8.37. The molecule has 0 amide bonds. The lowest BCUT2D eigenvalue weighted by Gasteiger charge is -2.47. The zero-order valence-corrected chi connectivity index (χ0v) is 14.1. The topological polar surface area (TPSA) is 26.7 Å². The molecule has 0 aromatic rings. The van der Waals surface area contributed by atoms with Gasteiger partial charge >= 0.3 is 0 Å². The van der Waals surface area contributed by atoms with Gasteiger partial charge in [-0.2, -0.15) is 0 Å². The number of hydrogen-bond donors (Lipinski definition) is 1. The molecule has 3 heteroatoms. The summed E-state index contributed by atoms with van der Waals surface area (Å²) < 4.78 is 0. The van der Waals surface area contributed by atoms with Crippen molar-refractivity contribution in [3.05, 3.63) is 0 Å². The fourth-order valence-corrected chi connectivity index (χ4v) is 4.02. The highest BCUT2D eigenvalue weighted by atomic mass is 16.3. The fourth-order valence-electron chi connectivity index (χ4n) is 4.02. The number of aliphatic hydroxyl groups is 1. The summed E-state index contributed by atoms with van der Waals surface area (Å²) in [5, 5.41) is 10.5. The van der Waals surface area contributed by atoms with Gasteiger partial charge in [-0.1, -0.05) is 20.8 Å². The van der Waals surface area contributed by atoms with Gasteiger partial charge in [-0.05, 0) is 64.1 Å². The predicted molar refractivity (Wildman–Crippen MR) is 84.9 cm³/mol. The van der Waals surface area contributed by atoms with E-state index in [1.165, 1.54) is 32.2 Å². The standard InChI is InChI=1S/C17H34N2O/c1-17(2,3)13-8-9-16(20)15(11-13)19-10-6-7-14(12-19)18(4)5/h13-16,20H,6-12H2,1-5H3. The van der Waals surface area contributed by atoms with Crippen molar-refractivity contribution in [3.8, 4) is 0 Å². The lowest BCUT2D eigenvalue weighted by Crippen LogP contribution is -2.55. The second-order valence-corrected chi connectivity index (χ2v) is 8.27. The van der Waals surface area contributed by atoms with Crippen LogP contribution in [0.4, 0.5) is 0 Å². The molecule has 1 saturated carbocycles. The summed E-state index contributed by atoms with van der Waals surface area (Å²) in [4.78, 5) is 4.93. The summed E-state index contributed by atoms with van der Waals surface area (Å²) in [5.74, 6) is 0.746. The molecule has 4 unspecified atom stereocenters. The molecule has 1 N–H and O–H groups in total. The van der Waals surface area contributed by atoms with Gasteiger partial charge in [0, 0.05) is 18.6 Å². The minimum Gasteiger partial charge on any atom is -0.391 e. The van der Waals surface area contributed by atoms with Crippen molar-refractivity contribution in [1.82, 2.24) is 9.80 Å². The van der Waals surface area contributed by atoms with E-state index in [1.54, 1.807) is 0 Å². The summed E-state index contributed by atoms with van der Waals surface area (Å²) in [6, 6.07) is 1.04. The Balaban J connectivity index is 2.01. The molecule has 0 radical (unpaired) electrons. The molecular formula is C17H34N2O. The van der Waals surface area contributed by atoms with Crippen LogP contribution in [0.3, 0.4) is 0 Å². The molecule has 1 heterocycles. The molecule has 0 spiro atoms. The Morgan fingerprint density at radius 3 is 2.40 bits per heavy atom. The molecule has 4 atom stereocenters. The average Bonchev–Trinajstić information content (AvgIpc) is 2.38. The first-order chi connectivity index (χ1) is 9.29. The van der Waals surface area contributed by atoms with E-state index in [0.29, 0.717) is 17.5 Å². The van der Waals surface area contributed by atoms with Crippen LogP contribution in [0.15, 0.2) is 0 Å². The molecule has 0 aromatic carbocycles. The predicted octanol–water partition coefficient (Wildman–Crippen LogP) is 2.59. The SMILES string of the molecule is CN(C)C1CCCN(C2CC(C(C)(C)C)CCC2O)C1. The van der Waals surface area contributed by atoms with Gasteiger partial charge in [-0.15, -0.1) is 0 Å². The molecule has 2 aliphatic rings. The van der Waals surface area contributed by atoms with Crippen LogP contribution in [-0.2, 0) is 0 Å². The van der Waals surface area contributed by atoms with E-state index in [-0.39, 0.29) is 6.10 Å². The molecule has 1 aliphatic carbocycles. The average molecular weight is 282 g/mol. The van der Waals surface area contributed by atoms with Crippen LogP contribution in [-0.4, -0.2) is 60.3 Å². The Labute approximate surface area is 125 Å². The van der Waals surface area contributed by atoms with E-state index in [2.05, 4.69) is 44.7 Å². The van der Waals surface area contributed by atoms with Gasteiger partial charge < -0.3 is 10.0 Å². The minimum absolute atomic E-state index is 0.116. The van der Waals surface area contributed by atoms with E-state index in [0.717, 1.165) is 18.9 Å². The van der Waals surface area contributed by atoms with Crippen LogP contribution in [0, 0.1) is 11.3 Å². The van der Waals surface area contributed by atoms with Crippen LogP contribution in [0.2, 0.25) is 0 Å². The molecule has 3 nitrogen and oxygen atoms in total. The van der Waals surface area contributed by atoms with Gasteiger partial charge in [-0.3, -0.25) is 4.90 Å². The monoisotopic (exact) mass is 282 g/mol. The third-order valence-electron chi connectivity index (χ3n) is 5.63. The Morgan fingerprint density at radius 2 is 1.80 bits per heavy atom. The van der Waals surface area contributed by atoms with E-state index < -0.39 is 0 Å². The first kappa shape index (κ1) is 16.3. The Morgan fingerprint density at radius 1 is 1.10 bits per heavy atom. The number of nitrogens with zero attached hydrogens (tertiary/aromatic N) is 2. The zero-order valence-electron chi connectivity index (χ0n) is 14.1. The summed E-state index contributed by atoms with van der Waals surface area (Å²) in [5.41, 5.74) is 0.370. The maximum absolute atomic E-state index is 10.5. The van der Waals surface area contributed by atoms with Gasteiger partial charge in [0.05, 0.1) is 6.10 Å².